The van der Waals surface area contributed by atoms with Crippen molar-refractivity contribution in [1.82, 2.24) is 47.9 Å². The first-order valence-corrected chi connectivity index (χ1v) is 24.5. The first-order valence-electron chi connectivity index (χ1n) is 23.8. The van der Waals surface area contributed by atoms with Crippen LogP contribution in [0.1, 0.15) is 77.0 Å². The lowest BCUT2D eigenvalue weighted by Gasteiger charge is -2.27. The standard InChI is InChI=1S/C42H68N18O20S/c43-6-2-1-3-17(42(79)80)53-34(71)16(4-5-32(68)69)52-35(72)19(8-26(46)62)55-37(74)21(10-28(48)64)57-39(76)23(12-30(50)66)59-41(78)24(13-31(51)67)60-40(77)22(11-29(49)65)58-38(75)20(9-27(47)63)56-36(73)18(7-25(45)61)54-33(70)15(44)14-81/h15-24,81H,1-14,43-44H2,(H2,45,61)(H2,46,62)(H2,47,63)(H2,48,64)(H2,49,65)(H2,50,66)(H2,51,67)(H,52,72)(H,53,71)(H,54,70)(H,55,74)(H,56,73)(H,57,76)(H,58,75)(H,59,78)(H,60,77)(H,68,69)(H,79,80)/t15-,16-,17-,18-,19-,20-,21-,22-,23-,24-/m0/s1. The largest absolute Gasteiger partial charge is 0.481 e. The van der Waals surface area contributed by atoms with Gasteiger partial charge in [0.05, 0.1) is 51.0 Å². The van der Waals surface area contributed by atoms with Gasteiger partial charge in [0.25, 0.3) is 0 Å². The van der Waals surface area contributed by atoms with Crippen molar-refractivity contribution < 1.29 is 96.5 Å². The van der Waals surface area contributed by atoms with E-state index in [4.69, 9.17) is 51.6 Å². The molecule has 0 radical (unpaired) electrons. The predicted molar refractivity (Wildman–Crippen MR) is 273 cm³/mol. The highest BCUT2D eigenvalue weighted by Gasteiger charge is 2.38. The molecule has 0 spiro atoms. The Labute approximate surface area is 463 Å². The molecule has 0 aliphatic carbocycles. The number of carbonyl (C=O) groups is 18. The van der Waals surface area contributed by atoms with Crippen molar-refractivity contribution >= 4 is 119 Å². The van der Waals surface area contributed by atoms with Crippen LogP contribution < -0.4 is 99.5 Å². The average molecular weight is 1180 g/mol. The van der Waals surface area contributed by atoms with Crippen LogP contribution in [-0.4, -0.2) is 189 Å². The quantitative estimate of drug-likeness (QED) is 0.0200. The van der Waals surface area contributed by atoms with Gasteiger partial charge in [-0.15, -0.1) is 0 Å². The number of thiol groups is 1. The van der Waals surface area contributed by atoms with Crippen molar-refractivity contribution in [3.8, 4) is 0 Å². The van der Waals surface area contributed by atoms with Gasteiger partial charge >= 0.3 is 11.9 Å². The number of carboxylic acids is 2. The number of rotatable bonds is 41. The second-order valence-corrected chi connectivity index (χ2v) is 18.0. The fourth-order valence-corrected chi connectivity index (χ4v) is 6.87. The van der Waals surface area contributed by atoms with E-state index in [9.17, 15) is 96.5 Å². The molecule has 10 atom stereocenters. The molecule has 81 heavy (non-hydrogen) atoms. The van der Waals surface area contributed by atoms with E-state index in [0.717, 1.165) is 0 Å². The SMILES string of the molecule is NCCCC[C@H](NC(=O)[C@H](CCC(=O)O)NC(=O)[C@H](CC(N)=O)NC(=O)[C@H](CC(N)=O)NC(=O)[C@H](CC(N)=O)NC(=O)[C@H](CC(N)=O)NC(=O)[C@H](CC(N)=O)NC(=O)[C@H](CC(N)=O)NC(=O)[C@H](CC(N)=O)NC(=O)[C@@H](N)CS)C(=O)O. The highest BCUT2D eigenvalue weighted by molar-refractivity contribution is 7.80. The van der Waals surface area contributed by atoms with Crippen LogP contribution in [0.4, 0.5) is 0 Å². The van der Waals surface area contributed by atoms with Gasteiger partial charge in [0, 0.05) is 12.2 Å². The summed E-state index contributed by atoms with van der Waals surface area (Å²) in [7, 11) is 0. The predicted octanol–water partition coefficient (Wildman–Crippen LogP) is -13.2. The lowest BCUT2D eigenvalue weighted by atomic mass is 10.1. The topological polar surface area (TPSA) is 690 Å². The summed E-state index contributed by atoms with van der Waals surface area (Å²) < 4.78 is 0. The molecule has 0 saturated heterocycles. The van der Waals surface area contributed by atoms with Gasteiger partial charge in [0.1, 0.15) is 54.4 Å². The molecule has 0 aromatic carbocycles. The Morgan fingerprint density at radius 2 is 0.556 bits per heavy atom. The fraction of sp³-hybridized carbons (Fsp3) is 0.571. The van der Waals surface area contributed by atoms with Crippen molar-refractivity contribution in [3.05, 3.63) is 0 Å². The molecule has 39 heteroatoms. The maximum atomic E-state index is 13.7. The molecule has 0 aliphatic rings. The Balaban J connectivity index is 6.86. The van der Waals surface area contributed by atoms with E-state index in [2.05, 4.69) is 28.6 Å². The smallest absolute Gasteiger partial charge is 0.326 e. The third kappa shape index (κ3) is 29.3. The summed E-state index contributed by atoms with van der Waals surface area (Å²) in [6.45, 7) is 0.177. The van der Waals surface area contributed by atoms with Crippen LogP contribution >= 0.6 is 12.6 Å². The van der Waals surface area contributed by atoms with E-state index in [0.29, 0.717) is 6.42 Å². The van der Waals surface area contributed by atoms with Crippen LogP contribution in [0.5, 0.6) is 0 Å². The third-order valence-corrected chi connectivity index (χ3v) is 11.0. The van der Waals surface area contributed by atoms with Crippen molar-refractivity contribution in [3.63, 3.8) is 0 Å². The van der Waals surface area contributed by atoms with Gasteiger partial charge in [-0.1, -0.05) is 0 Å². The lowest BCUT2D eigenvalue weighted by Crippen LogP contribution is -2.62. The number of unbranched alkanes of at least 4 members (excludes halogenated alkanes) is 1. The molecule has 0 aliphatic heterocycles. The van der Waals surface area contributed by atoms with Crippen LogP contribution in [0.3, 0.4) is 0 Å². The average Bonchev–Trinajstić information content (AvgIpc) is 3.34. The minimum absolute atomic E-state index is 0.142. The van der Waals surface area contributed by atoms with Crippen LogP contribution in [0, 0.1) is 0 Å². The van der Waals surface area contributed by atoms with E-state index in [1.54, 1.807) is 0 Å². The van der Waals surface area contributed by atoms with Crippen LogP contribution in [-0.2, 0) is 86.3 Å². The Bertz CT molecular complexity index is 2410. The number of nitrogens with two attached hydrogens (primary N) is 9. The summed E-state index contributed by atoms with van der Waals surface area (Å²) in [5.74, 6) is -25.0. The molecule has 0 fully saturated rings. The highest BCUT2D eigenvalue weighted by Crippen LogP contribution is 2.08. The first-order chi connectivity index (χ1) is 37.6. The number of carbonyl (C=O) groups excluding carboxylic acids is 16. The van der Waals surface area contributed by atoms with Crippen LogP contribution in [0.25, 0.3) is 0 Å². The number of carboxylic acid groups (broad SMARTS) is 2. The molecule has 0 rings (SSSR count). The molecule has 452 valence electrons. The highest BCUT2D eigenvalue weighted by atomic mass is 32.1. The van der Waals surface area contributed by atoms with Crippen LogP contribution in [0.15, 0.2) is 0 Å². The van der Waals surface area contributed by atoms with Crippen molar-refractivity contribution in [2.45, 2.75) is 137 Å². The molecule has 0 aromatic rings. The normalized spacial score (nSPS) is 14.4. The molecule has 0 saturated carbocycles. The number of amides is 16. The van der Waals surface area contributed by atoms with Crippen molar-refractivity contribution in [1.29, 1.82) is 0 Å². The molecule has 29 N–H and O–H groups in total. The fourth-order valence-electron chi connectivity index (χ4n) is 6.70. The summed E-state index contributed by atoms with van der Waals surface area (Å²) in [5.41, 5.74) is 47.8. The Morgan fingerprint density at radius 3 is 0.765 bits per heavy atom. The van der Waals surface area contributed by atoms with E-state index >= 15 is 0 Å². The van der Waals surface area contributed by atoms with E-state index in [-0.39, 0.29) is 25.1 Å². The van der Waals surface area contributed by atoms with E-state index in [1.807, 2.05) is 31.9 Å². The number of nitrogens with one attached hydrogen (secondary N) is 9. The summed E-state index contributed by atoms with van der Waals surface area (Å²) >= 11 is 3.85. The first kappa shape index (κ1) is 71.7. The lowest BCUT2D eigenvalue weighted by molar-refractivity contribution is -0.143. The van der Waals surface area contributed by atoms with Crippen LogP contribution in [0.2, 0.25) is 0 Å². The Hall–Kier alpha value is -9.27. The summed E-state index contributed by atoms with van der Waals surface area (Å²) in [6.07, 6.45) is -8.70. The zero-order chi connectivity index (χ0) is 62.4. The van der Waals surface area contributed by atoms with Gasteiger partial charge in [0.15, 0.2) is 0 Å². The Morgan fingerprint density at radius 1 is 0.333 bits per heavy atom. The number of hydrogen-bond acceptors (Lipinski definition) is 21. The van der Waals surface area contributed by atoms with Gasteiger partial charge in [-0.25, -0.2) is 4.79 Å². The zero-order valence-electron chi connectivity index (χ0n) is 43.1. The monoisotopic (exact) mass is 1180 g/mol. The zero-order valence-corrected chi connectivity index (χ0v) is 44.0. The molecule has 16 amide bonds. The van der Waals surface area contributed by atoms with Gasteiger partial charge < -0.3 is 110 Å². The maximum absolute atomic E-state index is 13.7. The Kier molecular flexibility index (Phi) is 31.9. The molecule has 0 unspecified atom stereocenters. The molecule has 0 heterocycles. The summed E-state index contributed by atoms with van der Waals surface area (Å²) in [6, 6.07) is -19.5. The number of primary amides is 7. The van der Waals surface area contributed by atoms with Crippen molar-refractivity contribution in [2.75, 3.05) is 12.3 Å². The number of aliphatic carboxylic acids is 2. The molecular formula is C42H68N18O20S. The van der Waals surface area contributed by atoms with Crippen molar-refractivity contribution in [2.24, 2.45) is 51.6 Å². The minimum atomic E-state index is -2.23. The third-order valence-electron chi connectivity index (χ3n) is 10.6. The molecular weight excluding hydrogens is 1110 g/mol. The van der Waals surface area contributed by atoms with Gasteiger partial charge in [-0.05, 0) is 32.2 Å². The second-order valence-electron chi connectivity index (χ2n) is 17.6. The maximum Gasteiger partial charge on any atom is 0.326 e. The number of hydrogen-bond donors (Lipinski definition) is 21. The van der Waals surface area contributed by atoms with Gasteiger partial charge in [0.2, 0.25) is 94.5 Å². The molecule has 38 nitrogen and oxygen atoms in total. The van der Waals surface area contributed by atoms with Gasteiger partial charge in [-0.2, -0.15) is 12.6 Å². The molecule has 0 bridgehead atoms. The minimum Gasteiger partial charge on any atom is -0.481 e. The van der Waals surface area contributed by atoms with Gasteiger partial charge in [-0.3, -0.25) is 81.5 Å². The summed E-state index contributed by atoms with van der Waals surface area (Å²) in [4.78, 5) is 228. The van der Waals surface area contributed by atoms with E-state index in [1.165, 1.54) is 0 Å². The summed E-state index contributed by atoms with van der Waals surface area (Å²) in [5, 5.41) is 37.0. The van der Waals surface area contributed by atoms with E-state index < -0.39 is 225 Å². The molecule has 0 aromatic heterocycles. The second kappa shape index (κ2) is 36.0.